The van der Waals surface area contributed by atoms with Gasteiger partial charge in [-0.05, 0) is 51.6 Å². The molecule has 29 heavy (non-hydrogen) atoms. The van der Waals surface area contributed by atoms with Crippen LogP contribution in [0, 0.1) is 5.92 Å². The van der Waals surface area contributed by atoms with Crippen LogP contribution < -0.4 is 16.5 Å². The van der Waals surface area contributed by atoms with Gasteiger partial charge in [0.05, 0.1) is 11.2 Å². The van der Waals surface area contributed by atoms with Crippen LogP contribution in [0.5, 0.6) is 0 Å². The Labute approximate surface area is 174 Å². The Morgan fingerprint density at radius 1 is 1.07 bits per heavy atom. The summed E-state index contributed by atoms with van der Waals surface area (Å²) in [5.41, 5.74) is 6.63. The van der Waals surface area contributed by atoms with Gasteiger partial charge in [0.15, 0.2) is 0 Å². The number of primary amides is 1. The highest BCUT2D eigenvalue weighted by Crippen LogP contribution is 2.36. The van der Waals surface area contributed by atoms with Crippen LogP contribution >= 0.6 is 0 Å². The van der Waals surface area contributed by atoms with E-state index in [0.717, 1.165) is 36.7 Å². The molecule has 2 fully saturated rings. The molecule has 0 unspecified atom stereocenters. The van der Waals surface area contributed by atoms with E-state index in [9.17, 15) is 9.59 Å². The molecule has 6 nitrogen and oxygen atoms in total. The van der Waals surface area contributed by atoms with Crippen LogP contribution in [-0.4, -0.2) is 36.2 Å². The van der Waals surface area contributed by atoms with Gasteiger partial charge in [-0.3, -0.25) is 9.59 Å². The maximum Gasteiger partial charge on any atom is 0.494 e. The molecule has 1 heterocycles. The lowest BCUT2D eigenvalue weighted by molar-refractivity contribution is -0.130. The molecular formula is C22H33BN2O4. The summed E-state index contributed by atoms with van der Waals surface area (Å²) in [4.78, 5) is 24.4. The topological polar surface area (TPSA) is 90.6 Å². The molecular weight excluding hydrogens is 367 g/mol. The van der Waals surface area contributed by atoms with E-state index in [1.54, 1.807) is 0 Å². The molecule has 3 rings (SSSR count). The standard InChI is InChI=1S/C22H33BN2O4/c1-21(2)22(3,4)29-23(28-21)17-12-10-15(11-13-17)14-18(19(24)26)25-20(27)16-8-6-5-7-9-16/h10-13,16,18H,5-9,14H2,1-4H3,(H2,24,26)(H,25,27)/t18-/m1/s1. The van der Waals surface area contributed by atoms with Gasteiger partial charge >= 0.3 is 7.12 Å². The Morgan fingerprint density at radius 3 is 2.14 bits per heavy atom. The molecule has 158 valence electrons. The molecule has 1 aliphatic carbocycles. The van der Waals surface area contributed by atoms with E-state index in [0.29, 0.717) is 6.42 Å². The van der Waals surface area contributed by atoms with Gasteiger partial charge < -0.3 is 20.4 Å². The third-order valence-corrected chi connectivity index (χ3v) is 6.58. The molecule has 1 aromatic rings. The minimum Gasteiger partial charge on any atom is -0.399 e. The Balaban J connectivity index is 1.62. The van der Waals surface area contributed by atoms with Gasteiger partial charge in [-0.25, -0.2) is 0 Å². The van der Waals surface area contributed by atoms with Crippen molar-refractivity contribution in [3.05, 3.63) is 29.8 Å². The van der Waals surface area contributed by atoms with E-state index in [4.69, 9.17) is 15.0 Å². The van der Waals surface area contributed by atoms with Crippen LogP contribution in [0.4, 0.5) is 0 Å². The van der Waals surface area contributed by atoms with Gasteiger partial charge in [0.1, 0.15) is 6.04 Å². The first-order chi connectivity index (χ1) is 13.6. The number of benzene rings is 1. The zero-order chi connectivity index (χ0) is 21.2. The summed E-state index contributed by atoms with van der Waals surface area (Å²) in [6.07, 6.45) is 5.47. The Hall–Kier alpha value is -1.86. The highest BCUT2D eigenvalue weighted by Gasteiger charge is 2.51. The molecule has 1 saturated carbocycles. The van der Waals surface area contributed by atoms with E-state index in [1.807, 2.05) is 52.0 Å². The largest absolute Gasteiger partial charge is 0.494 e. The third kappa shape index (κ3) is 5.01. The summed E-state index contributed by atoms with van der Waals surface area (Å²) in [5.74, 6) is -0.567. The van der Waals surface area contributed by atoms with Crippen molar-refractivity contribution in [1.29, 1.82) is 0 Å². The minimum atomic E-state index is -0.702. The summed E-state index contributed by atoms with van der Waals surface area (Å²) < 4.78 is 12.2. The van der Waals surface area contributed by atoms with Crippen molar-refractivity contribution < 1.29 is 18.9 Å². The number of carbonyl (C=O) groups is 2. The summed E-state index contributed by atoms with van der Waals surface area (Å²) in [6, 6.07) is 7.05. The fourth-order valence-corrected chi connectivity index (χ4v) is 3.90. The van der Waals surface area contributed by atoms with E-state index in [-0.39, 0.29) is 11.8 Å². The summed E-state index contributed by atoms with van der Waals surface area (Å²) in [5, 5.41) is 2.86. The number of rotatable bonds is 6. The van der Waals surface area contributed by atoms with Crippen molar-refractivity contribution in [2.45, 2.75) is 83.5 Å². The second kappa shape index (κ2) is 8.48. The maximum atomic E-state index is 12.5. The monoisotopic (exact) mass is 400 g/mol. The zero-order valence-electron chi connectivity index (χ0n) is 18.0. The van der Waals surface area contributed by atoms with Crippen molar-refractivity contribution in [2.75, 3.05) is 0 Å². The predicted octanol–water partition coefficient (Wildman–Crippen LogP) is 2.08. The second-order valence-electron chi connectivity index (χ2n) is 9.33. The highest BCUT2D eigenvalue weighted by atomic mass is 16.7. The molecule has 0 bridgehead atoms. The molecule has 1 aliphatic heterocycles. The summed E-state index contributed by atoms with van der Waals surface area (Å²) in [7, 11) is -0.424. The van der Waals surface area contributed by atoms with Gasteiger partial charge in [-0.2, -0.15) is 0 Å². The first-order valence-corrected chi connectivity index (χ1v) is 10.6. The Morgan fingerprint density at radius 2 is 1.62 bits per heavy atom. The van der Waals surface area contributed by atoms with Crippen LogP contribution in [0.15, 0.2) is 24.3 Å². The fourth-order valence-electron chi connectivity index (χ4n) is 3.90. The van der Waals surface area contributed by atoms with Gasteiger partial charge in [0.25, 0.3) is 0 Å². The van der Waals surface area contributed by atoms with E-state index in [2.05, 4.69) is 5.32 Å². The van der Waals surface area contributed by atoms with Gasteiger partial charge in [-0.15, -0.1) is 0 Å². The Bertz CT molecular complexity index is 726. The lowest BCUT2D eigenvalue weighted by Crippen LogP contribution is -2.48. The normalized spacial score (nSPS) is 22.3. The van der Waals surface area contributed by atoms with Gasteiger partial charge in [0, 0.05) is 12.3 Å². The number of nitrogens with two attached hydrogens (primary N) is 1. The Kier molecular flexibility index (Phi) is 6.39. The summed E-state index contributed by atoms with van der Waals surface area (Å²) in [6.45, 7) is 8.09. The number of amides is 2. The van der Waals surface area contributed by atoms with Crippen molar-refractivity contribution in [1.82, 2.24) is 5.32 Å². The zero-order valence-corrected chi connectivity index (χ0v) is 18.0. The molecule has 1 aromatic carbocycles. The van der Waals surface area contributed by atoms with E-state index < -0.39 is 30.3 Å². The molecule has 1 saturated heterocycles. The van der Waals surface area contributed by atoms with Crippen LogP contribution in [0.2, 0.25) is 0 Å². The van der Waals surface area contributed by atoms with Crippen LogP contribution in [-0.2, 0) is 25.3 Å². The number of nitrogens with one attached hydrogen (secondary N) is 1. The molecule has 0 aromatic heterocycles. The average molecular weight is 400 g/mol. The van der Waals surface area contributed by atoms with Gasteiger partial charge in [0.2, 0.25) is 11.8 Å². The van der Waals surface area contributed by atoms with Crippen molar-refractivity contribution in [3.8, 4) is 0 Å². The molecule has 1 atom stereocenters. The maximum absolute atomic E-state index is 12.5. The number of hydrogen-bond acceptors (Lipinski definition) is 4. The smallest absolute Gasteiger partial charge is 0.399 e. The van der Waals surface area contributed by atoms with E-state index >= 15 is 0 Å². The summed E-state index contributed by atoms with van der Waals surface area (Å²) >= 11 is 0. The molecule has 2 aliphatic rings. The highest BCUT2D eigenvalue weighted by molar-refractivity contribution is 6.62. The van der Waals surface area contributed by atoms with E-state index in [1.165, 1.54) is 6.42 Å². The van der Waals surface area contributed by atoms with Crippen LogP contribution in [0.1, 0.15) is 65.4 Å². The van der Waals surface area contributed by atoms with Crippen molar-refractivity contribution >= 4 is 24.4 Å². The number of carbonyl (C=O) groups excluding carboxylic acids is 2. The first kappa shape index (κ1) is 21.8. The lowest BCUT2D eigenvalue weighted by Gasteiger charge is -2.32. The average Bonchev–Trinajstić information content (AvgIpc) is 2.89. The van der Waals surface area contributed by atoms with Crippen LogP contribution in [0.3, 0.4) is 0 Å². The van der Waals surface area contributed by atoms with Crippen LogP contribution in [0.25, 0.3) is 0 Å². The SMILES string of the molecule is CC1(C)OB(c2ccc(C[C@@H](NC(=O)C3CCCCC3)C(N)=O)cc2)OC1(C)C. The minimum absolute atomic E-state index is 0.00338. The second-order valence-corrected chi connectivity index (χ2v) is 9.33. The first-order valence-electron chi connectivity index (χ1n) is 10.6. The van der Waals surface area contributed by atoms with Crippen molar-refractivity contribution in [3.63, 3.8) is 0 Å². The van der Waals surface area contributed by atoms with Gasteiger partial charge in [-0.1, -0.05) is 43.5 Å². The molecule has 7 heteroatoms. The quantitative estimate of drug-likeness (QED) is 0.716. The van der Waals surface area contributed by atoms with Crippen molar-refractivity contribution in [2.24, 2.45) is 11.7 Å². The fraction of sp³-hybridized carbons (Fsp3) is 0.636. The third-order valence-electron chi connectivity index (χ3n) is 6.58. The lowest BCUT2D eigenvalue weighted by atomic mass is 9.78. The molecule has 3 N–H and O–H groups in total. The molecule has 0 radical (unpaired) electrons. The molecule has 0 spiro atoms. The molecule has 2 amide bonds. The number of hydrogen-bond donors (Lipinski definition) is 2. The predicted molar refractivity (Wildman–Crippen MR) is 114 cm³/mol.